The summed E-state index contributed by atoms with van der Waals surface area (Å²) < 4.78 is 25.2. The van der Waals surface area contributed by atoms with Crippen molar-refractivity contribution in [2.24, 2.45) is 0 Å². The zero-order chi connectivity index (χ0) is 24.2. The average molecular weight is 475 g/mol. The minimum atomic E-state index is -0.325. The number of carbonyl (C=O) groups excluding carboxylic acids is 1. The number of nitrogens with zero attached hydrogens (tertiary/aromatic N) is 4. The summed E-state index contributed by atoms with van der Waals surface area (Å²) in [6.45, 7) is 5.37. The maximum absolute atomic E-state index is 14.0. The molecule has 4 aromatic rings. The number of piperazine rings is 1. The lowest BCUT2D eigenvalue weighted by Crippen LogP contribution is -2.48. The van der Waals surface area contributed by atoms with Gasteiger partial charge in [0.25, 0.3) is 0 Å². The summed E-state index contributed by atoms with van der Waals surface area (Å²) >= 11 is 0. The van der Waals surface area contributed by atoms with Crippen LogP contribution in [0.3, 0.4) is 0 Å². The lowest BCUT2D eigenvalue weighted by Gasteiger charge is -2.34. The molecule has 3 heterocycles. The minimum absolute atomic E-state index is 0.0909. The Kier molecular flexibility index (Phi) is 6.72. The monoisotopic (exact) mass is 474 g/mol. The van der Waals surface area contributed by atoms with Crippen LogP contribution in [0, 0.1) is 12.7 Å². The molecule has 0 atom stereocenters. The van der Waals surface area contributed by atoms with E-state index >= 15 is 0 Å². The summed E-state index contributed by atoms with van der Waals surface area (Å²) in [4.78, 5) is 21.4. The molecule has 7 nitrogen and oxygen atoms in total. The van der Waals surface area contributed by atoms with Crippen LogP contribution in [0.25, 0.3) is 22.7 Å². The highest BCUT2D eigenvalue weighted by molar-refractivity contribution is 5.76. The SMILES string of the molecule is Cc1ccccc1-c1noc(CN2CCN(C(=O)CCc3ccc(-c4ccccc4F)o3)CC2)n1. The molecule has 0 aliphatic carbocycles. The van der Waals surface area contributed by atoms with Gasteiger partial charge in [0.2, 0.25) is 17.6 Å². The topological polar surface area (TPSA) is 75.6 Å². The van der Waals surface area contributed by atoms with Crippen molar-refractivity contribution in [1.29, 1.82) is 0 Å². The molecule has 35 heavy (non-hydrogen) atoms. The third-order valence-corrected chi connectivity index (χ3v) is 6.32. The average Bonchev–Trinajstić information content (AvgIpc) is 3.53. The fourth-order valence-electron chi connectivity index (χ4n) is 4.31. The maximum Gasteiger partial charge on any atom is 0.241 e. The number of hydrogen-bond acceptors (Lipinski definition) is 6. The molecule has 0 spiro atoms. The first-order chi connectivity index (χ1) is 17.1. The Morgan fingerprint density at radius 3 is 2.49 bits per heavy atom. The van der Waals surface area contributed by atoms with Crippen LogP contribution in [0.2, 0.25) is 0 Å². The molecule has 0 radical (unpaired) electrons. The normalized spacial score (nSPS) is 14.4. The second kappa shape index (κ2) is 10.2. The molecule has 5 rings (SSSR count). The molecule has 0 bridgehead atoms. The summed E-state index contributed by atoms with van der Waals surface area (Å²) in [6, 6.07) is 18.0. The number of amides is 1. The minimum Gasteiger partial charge on any atom is -0.461 e. The molecule has 1 saturated heterocycles. The van der Waals surface area contributed by atoms with Gasteiger partial charge in [-0.3, -0.25) is 9.69 Å². The van der Waals surface area contributed by atoms with Gasteiger partial charge >= 0.3 is 0 Å². The van der Waals surface area contributed by atoms with E-state index in [1.54, 1.807) is 24.3 Å². The highest BCUT2D eigenvalue weighted by Crippen LogP contribution is 2.25. The Morgan fingerprint density at radius 2 is 1.71 bits per heavy atom. The van der Waals surface area contributed by atoms with E-state index in [-0.39, 0.29) is 11.7 Å². The first kappa shape index (κ1) is 23.0. The van der Waals surface area contributed by atoms with Gasteiger partial charge in [0, 0.05) is 44.6 Å². The number of halogens is 1. The van der Waals surface area contributed by atoms with Gasteiger partial charge in [0.15, 0.2) is 0 Å². The summed E-state index contributed by atoms with van der Waals surface area (Å²) in [7, 11) is 0. The number of rotatable bonds is 7. The molecule has 8 heteroatoms. The molecule has 2 aromatic carbocycles. The Morgan fingerprint density at radius 1 is 0.971 bits per heavy atom. The van der Waals surface area contributed by atoms with Gasteiger partial charge in [-0.1, -0.05) is 41.6 Å². The number of benzene rings is 2. The smallest absolute Gasteiger partial charge is 0.241 e. The van der Waals surface area contributed by atoms with E-state index in [0.717, 1.165) is 24.2 Å². The highest BCUT2D eigenvalue weighted by atomic mass is 19.1. The van der Waals surface area contributed by atoms with Crippen molar-refractivity contribution in [1.82, 2.24) is 19.9 Å². The third-order valence-electron chi connectivity index (χ3n) is 6.32. The molecule has 1 aliphatic heterocycles. The Hall–Kier alpha value is -3.78. The van der Waals surface area contributed by atoms with E-state index in [9.17, 15) is 9.18 Å². The van der Waals surface area contributed by atoms with Gasteiger partial charge in [-0.15, -0.1) is 0 Å². The maximum atomic E-state index is 14.0. The van der Waals surface area contributed by atoms with Gasteiger partial charge in [-0.2, -0.15) is 4.98 Å². The zero-order valence-corrected chi connectivity index (χ0v) is 19.6. The first-order valence-electron chi connectivity index (χ1n) is 11.8. The van der Waals surface area contributed by atoms with E-state index < -0.39 is 0 Å². The van der Waals surface area contributed by atoms with Crippen LogP contribution in [0.5, 0.6) is 0 Å². The molecule has 0 unspecified atom stereocenters. The second-order valence-corrected chi connectivity index (χ2v) is 8.73. The van der Waals surface area contributed by atoms with Crippen LogP contribution in [0.15, 0.2) is 69.6 Å². The van der Waals surface area contributed by atoms with Crippen LogP contribution in [-0.4, -0.2) is 52.0 Å². The van der Waals surface area contributed by atoms with Gasteiger partial charge in [0.1, 0.15) is 17.3 Å². The van der Waals surface area contributed by atoms with Crippen molar-refractivity contribution in [2.75, 3.05) is 26.2 Å². The Bertz CT molecular complexity index is 1310. The van der Waals surface area contributed by atoms with Gasteiger partial charge in [0.05, 0.1) is 12.1 Å². The highest BCUT2D eigenvalue weighted by Gasteiger charge is 2.23. The number of aryl methyl sites for hydroxylation is 2. The second-order valence-electron chi connectivity index (χ2n) is 8.73. The number of furan rings is 1. The van der Waals surface area contributed by atoms with E-state index in [1.807, 2.05) is 42.2 Å². The number of aromatic nitrogens is 2. The van der Waals surface area contributed by atoms with Crippen molar-refractivity contribution in [2.45, 2.75) is 26.3 Å². The summed E-state index contributed by atoms with van der Waals surface area (Å²) in [6.07, 6.45) is 0.838. The quantitative estimate of drug-likeness (QED) is 0.386. The Labute approximate surface area is 203 Å². The standard InChI is InChI=1S/C27H27FN4O3/c1-19-6-2-3-7-21(19)27-29-25(35-30-27)18-31-14-16-32(17-15-31)26(33)13-11-20-10-12-24(34-20)22-8-4-5-9-23(22)28/h2-10,12H,11,13-18H2,1H3. The van der Waals surface area contributed by atoms with Crippen molar-refractivity contribution < 1.29 is 18.1 Å². The summed E-state index contributed by atoms with van der Waals surface area (Å²) in [5, 5.41) is 4.13. The molecule has 0 N–H and O–H groups in total. The van der Waals surface area contributed by atoms with Crippen molar-refractivity contribution in [3.8, 4) is 22.7 Å². The van der Waals surface area contributed by atoms with E-state index in [4.69, 9.17) is 8.94 Å². The molecule has 1 fully saturated rings. The third kappa shape index (κ3) is 5.33. The Balaban J connectivity index is 1.09. The van der Waals surface area contributed by atoms with Gasteiger partial charge < -0.3 is 13.8 Å². The number of carbonyl (C=O) groups is 1. The van der Waals surface area contributed by atoms with E-state index in [1.165, 1.54) is 6.07 Å². The van der Waals surface area contributed by atoms with Crippen LogP contribution >= 0.6 is 0 Å². The van der Waals surface area contributed by atoms with E-state index in [2.05, 4.69) is 15.0 Å². The molecular formula is C27H27FN4O3. The lowest BCUT2D eigenvalue weighted by atomic mass is 10.1. The van der Waals surface area contributed by atoms with Crippen molar-refractivity contribution in [3.05, 3.63) is 83.7 Å². The first-order valence-corrected chi connectivity index (χ1v) is 11.8. The largest absolute Gasteiger partial charge is 0.461 e. The molecule has 180 valence electrons. The van der Waals surface area contributed by atoms with E-state index in [0.29, 0.717) is 61.3 Å². The molecule has 2 aromatic heterocycles. The fraction of sp³-hybridized carbons (Fsp3) is 0.296. The van der Waals surface area contributed by atoms with Crippen LogP contribution in [-0.2, 0) is 17.8 Å². The molecule has 1 amide bonds. The lowest BCUT2D eigenvalue weighted by molar-refractivity contribution is -0.133. The van der Waals surface area contributed by atoms with Crippen LogP contribution in [0.4, 0.5) is 4.39 Å². The zero-order valence-electron chi connectivity index (χ0n) is 19.6. The van der Waals surface area contributed by atoms with Crippen LogP contribution < -0.4 is 0 Å². The summed E-state index contributed by atoms with van der Waals surface area (Å²) in [5.74, 6) is 2.10. The predicted octanol–water partition coefficient (Wildman–Crippen LogP) is 4.72. The fourth-order valence-corrected chi connectivity index (χ4v) is 4.31. The van der Waals surface area contributed by atoms with Crippen molar-refractivity contribution >= 4 is 5.91 Å². The predicted molar refractivity (Wildman–Crippen MR) is 129 cm³/mol. The van der Waals surface area contributed by atoms with Gasteiger partial charge in [-0.25, -0.2) is 4.39 Å². The summed E-state index contributed by atoms with van der Waals surface area (Å²) in [5.41, 5.74) is 2.49. The molecular weight excluding hydrogens is 447 g/mol. The van der Waals surface area contributed by atoms with Crippen LogP contribution in [0.1, 0.15) is 23.6 Å². The molecule has 0 saturated carbocycles. The number of hydrogen-bond donors (Lipinski definition) is 0. The van der Waals surface area contributed by atoms with Crippen molar-refractivity contribution in [3.63, 3.8) is 0 Å². The molecule has 1 aliphatic rings. The van der Waals surface area contributed by atoms with Gasteiger partial charge in [-0.05, 0) is 36.8 Å².